The second-order valence-corrected chi connectivity index (χ2v) is 5.43. The third-order valence-electron chi connectivity index (χ3n) is 3.63. The molecule has 0 saturated carbocycles. The number of hydrogen-bond donors (Lipinski definition) is 2. The van der Waals surface area contributed by atoms with Gasteiger partial charge in [-0.05, 0) is 24.6 Å². The number of anilines is 1. The Balaban J connectivity index is 1.55. The Morgan fingerprint density at radius 2 is 1.83 bits per heavy atom. The second-order valence-electron chi connectivity index (χ2n) is 5.43. The largest absolute Gasteiger partial charge is 0.486 e. The predicted octanol–water partition coefficient (Wildman–Crippen LogP) is 2.57. The van der Waals surface area contributed by atoms with Gasteiger partial charge in [0.15, 0.2) is 11.5 Å². The molecule has 0 fully saturated rings. The fourth-order valence-corrected chi connectivity index (χ4v) is 2.39. The first-order valence-electron chi connectivity index (χ1n) is 7.70. The van der Waals surface area contributed by atoms with Gasteiger partial charge in [0.05, 0.1) is 0 Å². The van der Waals surface area contributed by atoms with E-state index in [1.54, 1.807) is 0 Å². The van der Waals surface area contributed by atoms with Crippen LogP contribution in [0.1, 0.15) is 12.5 Å². The topological polar surface area (TPSA) is 59.6 Å². The van der Waals surface area contributed by atoms with E-state index in [1.807, 2.05) is 55.5 Å². The highest BCUT2D eigenvalue weighted by Crippen LogP contribution is 2.32. The molecule has 0 radical (unpaired) electrons. The van der Waals surface area contributed by atoms with E-state index < -0.39 is 0 Å². The minimum atomic E-state index is -0.346. The zero-order chi connectivity index (χ0) is 16.1. The van der Waals surface area contributed by atoms with Crippen LogP contribution in [0.4, 0.5) is 5.69 Å². The molecule has 2 aromatic carbocycles. The molecule has 2 N–H and O–H groups in total. The zero-order valence-corrected chi connectivity index (χ0v) is 13.0. The van der Waals surface area contributed by atoms with Crippen LogP contribution in [0.2, 0.25) is 0 Å². The SMILES string of the molecule is CC(Nc1ccc2c(c1)OCCO2)C(=O)NCc1ccccc1. The smallest absolute Gasteiger partial charge is 0.242 e. The molecule has 3 rings (SSSR count). The molecule has 0 aliphatic carbocycles. The van der Waals surface area contributed by atoms with Crippen LogP contribution < -0.4 is 20.1 Å². The Morgan fingerprint density at radius 3 is 2.61 bits per heavy atom. The molecule has 0 spiro atoms. The quantitative estimate of drug-likeness (QED) is 0.891. The molecular formula is C18H20N2O3. The van der Waals surface area contributed by atoms with Gasteiger partial charge in [0, 0.05) is 18.3 Å². The highest BCUT2D eigenvalue weighted by atomic mass is 16.6. The van der Waals surface area contributed by atoms with Crippen molar-refractivity contribution in [2.45, 2.75) is 19.5 Å². The van der Waals surface area contributed by atoms with Crippen molar-refractivity contribution in [1.29, 1.82) is 0 Å². The Labute approximate surface area is 135 Å². The average molecular weight is 312 g/mol. The van der Waals surface area contributed by atoms with E-state index in [0.717, 1.165) is 17.0 Å². The van der Waals surface area contributed by atoms with E-state index in [4.69, 9.17) is 9.47 Å². The first-order chi connectivity index (χ1) is 11.2. The molecule has 1 atom stereocenters. The van der Waals surface area contributed by atoms with Gasteiger partial charge in [-0.15, -0.1) is 0 Å². The molecule has 0 aromatic heterocycles. The second kappa shape index (κ2) is 7.05. The molecule has 5 heteroatoms. The first kappa shape index (κ1) is 15.2. The zero-order valence-electron chi connectivity index (χ0n) is 13.0. The molecule has 1 heterocycles. The lowest BCUT2D eigenvalue weighted by atomic mass is 10.2. The molecule has 0 saturated heterocycles. The fourth-order valence-electron chi connectivity index (χ4n) is 2.39. The molecule has 120 valence electrons. The number of carbonyl (C=O) groups is 1. The van der Waals surface area contributed by atoms with Crippen LogP contribution in [0.15, 0.2) is 48.5 Å². The number of nitrogens with one attached hydrogen (secondary N) is 2. The monoisotopic (exact) mass is 312 g/mol. The highest BCUT2D eigenvalue weighted by Gasteiger charge is 2.15. The number of amides is 1. The van der Waals surface area contributed by atoms with E-state index >= 15 is 0 Å². The van der Waals surface area contributed by atoms with Gasteiger partial charge in [0.1, 0.15) is 19.3 Å². The van der Waals surface area contributed by atoms with Crippen LogP contribution in [0.5, 0.6) is 11.5 Å². The lowest BCUT2D eigenvalue weighted by Gasteiger charge is -2.20. The molecule has 1 amide bonds. The number of rotatable bonds is 5. The molecular weight excluding hydrogens is 292 g/mol. The van der Waals surface area contributed by atoms with Crippen LogP contribution >= 0.6 is 0 Å². The number of benzene rings is 2. The van der Waals surface area contributed by atoms with Crippen LogP contribution in [0, 0.1) is 0 Å². The maximum Gasteiger partial charge on any atom is 0.242 e. The third-order valence-corrected chi connectivity index (χ3v) is 3.63. The van der Waals surface area contributed by atoms with Crippen molar-refractivity contribution >= 4 is 11.6 Å². The van der Waals surface area contributed by atoms with Crippen LogP contribution in [-0.4, -0.2) is 25.2 Å². The van der Waals surface area contributed by atoms with Crippen LogP contribution in [0.25, 0.3) is 0 Å². The summed E-state index contributed by atoms with van der Waals surface area (Å²) in [6.45, 7) is 3.46. The summed E-state index contributed by atoms with van der Waals surface area (Å²) < 4.78 is 11.0. The number of hydrogen-bond acceptors (Lipinski definition) is 4. The van der Waals surface area contributed by atoms with Gasteiger partial charge in [-0.2, -0.15) is 0 Å². The normalized spacial score (nSPS) is 14.0. The Bertz CT molecular complexity index is 673. The van der Waals surface area contributed by atoms with E-state index in [0.29, 0.717) is 25.5 Å². The predicted molar refractivity (Wildman–Crippen MR) is 88.8 cm³/mol. The lowest BCUT2D eigenvalue weighted by molar-refractivity contribution is -0.121. The third kappa shape index (κ3) is 3.94. The van der Waals surface area contributed by atoms with E-state index in [-0.39, 0.29) is 11.9 Å². The standard InChI is InChI=1S/C18H20N2O3/c1-13(18(21)19-12-14-5-3-2-4-6-14)20-15-7-8-16-17(11-15)23-10-9-22-16/h2-8,11,13,20H,9-10,12H2,1H3,(H,19,21). The summed E-state index contributed by atoms with van der Waals surface area (Å²) in [5.74, 6) is 1.39. The number of carbonyl (C=O) groups excluding carboxylic acids is 1. The number of fused-ring (bicyclic) bond motifs is 1. The summed E-state index contributed by atoms with van der Waals surface area (Å²) >= 11 is 0. The fraction of sp³-hybridized carbons (Fsp3) is 0.278. The molecule has 5 nitrogen and oxygen atoms in total. The van der Waals surface area contributed by atoms with E-state index in [9.17, 15) is 4.79 Å². The minimum absolute atomic E-state index is 0.0521. The van der Waals surface area contributed by atoms with Crippen molar-refractivity contribution in [1.82, 2.24) is 5.32 Å². The van der Waals surface area contributed by atoms with Crippen molar-refractivity contribution in [3.05, 3.63) is 54.1 Å². The van der Waals surface area contributed by atoms with Gasteiger partial charge in [-0.3, -0.25) is 4.79 Å². The van der Waals surface area contributed by atoms with Crippen LogP contribution in [-0.2, 0) is 11.3 Å². The summed E-state index contributed by atoms with van der Waals surface area (Å²) in [5.41, 5.74) is 1.91. The van der Waals surface area contributed by atoms with Crippen molar-refractivity contribution in [3.63, 3.8) is 0 Å². The van der Waals surface area contributed by atoms with E-state index in [2.05, 4.69) is 10.6 Å². The van der Waals surface area contributed by atoms with Gasteiger partial charge in [0.2, 0.25) is 5.91 Å². The maximum absolute atomic E-state index is 12.2. The highest BCUT2D eigenvalue weighted by molar-refractivity contribution is 5.84. The molecule has 23 heavy (non-hydrogen) atoms. The summed E-state index contributed by atoms with van der Waals surface area (Å²) in [6, 6.07) is 15.1. The molecule has 0 bridgehead atoms. The van der Waals surface area contributed by atoms with Crippen molar-refractivity contribution in [3.8, 4) is 11.5 Å². The van der Waals surface area contributed by atoms with Gasteiger partial charge in [0.25, 0.3) is 0 Å². The summed E-state index contributed by atoms with van der Waals surface area (Å²) in [4.78, 5) is 12.2. The molecule has 2 aromatic rings. The first-order valence-corrected chi connectivity index (χ1v) is 7.70. The Morgan fingerprint density at radius 1 is 1.09 bits per heavy atom. The van der Waals surface area contributed by atoms with Gasteiger partial charge in [-0.1, -0.05) is 30.3 Å². The molecule has 1 unspecified atom stereocenters. The summed E-state index contributed by atoms with van der Waals surface area (Å²) in [5, 5.41) is 6.10. The Hall–Kier alpha value is -2.69. The van der Waals surface area contributed by atoms with Crippen molar-refractivity contribution < 1.29 is 14.3 Å². The van der Waals surface area contributed by atoms with Gasteiger partial charge >= 0.3 is 0 Å². The molecule has 1 aliphatic heterocycles. The van der Waals surface area contributed by atoms with Crippen molar-refractivity contribution in [2.24, 2.45) is 0 Å². The average Bonchev–Trinajstić information content (AvgIpc) is 2.60. The van der Waals surface area contributed by atoms with Crippen LogP contribution in [0.3, 0.4) is 0 Å². The molecule has 1 aliphatic rings. The lowest BCUT2D eigenvalue weighted by Crippen LogP contribution is -2.37. The summed E-state index contributed by atoms with van der Waals surface area (Å²) in [7, 11) is 0. The summed E-state index contributed by atoms with van der Waals surface area (Å²) in [6.07, 6.45) is 0. The van der Waals surface area contributed by atoms with Gasteiger partial charge < -0.3 is 20.1 Å². The van der Waals surface area contributed by atoms with E-state index in [1.165, 1.54) is 0 Å². The maximum atomic E-state index is 12.2. The Kier molecular flexibility index (Phi) is 4.66. The number of ether oxygens (including phenoxy) is 2. The minimum Gasteiger partial charge on any atom is -0.486 e. The van der Waals surface area contributed by atoms with Gasteiger partial charge in [-0.25, -0.2) is 0 Å². The van der Waals surface area contributed by atoms with Crippen molar-refractivity contribution in [2.75, 3.05) is 18.5 Å².